The minimum atomic E-state index is -4.79. The molecule has 1 N–H and O–H groups in total. The van der Waals surface area contributed by atoms with Crippen LogP contribution in [0, 0.1) is 0 Å². The van der Waals surface area contributed by atoms with Gasteiger partial charge < -0.3 is 9.73 Å². The summed E-state index contributed by atoms with van der Waals surface area (Å²) in [4.78, 5) is 8.12. The van der Waals surface area contributed by atoms with E-state index >= 15 is 0 Å². The van der Waals surface area contributed by atoms with E-state index in [4.69, 9.17) is 0 Å². The highest BCUT2D eigenvalue weighted by Crippen LogP contribution is 2.45. The molecule has 30 heavy (non-hydrogen) atoms. The van der Waals surface area contributed by atoms with E-state index < -0.39 is 35.2 Å². The molecule has 0 radical (unpaired) electrons. The van der Waals surface area contributed by atoms with Gasteiger partial charge in [-0.25, -0.2) is 9.97 Å². The molecule has 0 saturated heterocycles. The molecule has 1 fully saturated rings. The monoisotopic (exact) mass is 429 g/mol. The molecule has 0 bridgehead atoms. The molecule has 6 nitrogen and oxygen atoms in total. The van der Waals surface area contributed by atoms with Crippen LogP contribution in [0.5, 0.6) is 0 Å². The molecule has 0 spiro atoms. The van der Waals surface area contributed by atoms with Crippen LogP contribution in [0.25, 0.3) is 11.6 Å². The van der Waals surface area contributed by atoms with Crippen molar-refractivity contribution in [2.24, 2.45) is 0 Å². The van der Waals surface area contributed by atoms with E-state index in [1.165, 1.54) is 18.3 Å². The Labute approximate surface area is 165 Å². The van der Waals surface area contributed by atoms with Crippen molar-refractivity contribution in [2.75, 3.05) is 5.32 Å². The van der Waals surface area contributed by atoms with Crippen molar-refractivity contribution < 1.29 is 30.8 Å². The first-order chi connectivity index (χ1) is 14.1. The van der Waals surface area contributed by atoms with E-state index in [0.717, 1.165) is 18.6 Å². The number of rotatable bonds is 4. The van der Waals surface area contributed by atoms with Gasteiger partial charge in [-0.15, -0.1) is 10.2 Å². The van der Waals surface area contributed by atoms with Gasteiger partial charge in [0.1, 0.15) is 5.69 Å². The van der Waals surface area contributed by atoms with E-state index in [2.05, 4.69) is 29.9 Å². The molecule has 158 valence electrons. The average Bonchev–Trinajstić information content (AvgIpc) is 3.15. The second kappa shape index (κ2) is 6.96. The van der Waals surface area contributed by atoms with Crippen molar-refractivity contribution in [3.8, 4) is 11.6 Å². The van der Waals surface area contributed by atoms with Gasteiger partial charge in [0.05, 0.1) is 11.1 Å². The van der Waals surface area contributed by atoms with Crippen molar-refractivity contribution in [3.05, 3.63) is 53.5 Å². The van der Waals surface area contributed by atoms with Crippen molar-refractivity contribution in [3.63, 3.8) is 0 Å². The quantitative estimate of drug-likeness (QED) is 0.585. The van der Waals surface area contributed by atoms with Crippen LogP contribution < -0.4 is 5.32 Å². The molecule has 12 heteroatoms. The van der Waals surface area contributed by atoms with Crippen LogP contribution in [-0.4, -0.2) is 20.2 Å². The highest BCUT2D eigenvalue weighted by Gasteiger charge is 2.41. The molecule has 1 aromatic carbocycles. The zero-order chi connectivity index (χ0) is 21.6. The fraction of sp³-hybridized carbons (Fsp3) is 0.333. The Balaban J connectivity index is 1.62. The van der Waals surface area contributed by atoms with Crippen molar-refractivity contribution >= 4 is 5.95 Å². The highest BCUT2D eigenvalue weighted by atomic mass is 19.4. The van der Waals surface area contributed by atoms with Gasteiger partial charge in [0, 0.05) is 6.20 Å². The Morgan fingerprint density at radius 2 is 1.73 bits per heavy atom. The predicted octanol–water partition coefficient (Wildman–Crippen LogP) is 5.06. The van der Waals surface area contributed by atoms with Gasteiger partial charge in [-0.2, -0.15) is 26.3 Å². The van der Waals surface area contributed by atoms with Crippen LogP contribution in [0.4, 0.5) is 32.3 Å². The Bertz CT molecular complexity index is 1060. The third kappa shape index (κ3) is 3.81. The molecule has 1 saturated carbocycles. The van der Waals surface area contributed by atoms with Crippen molar-refractivity contribution in [1.29, 1.82) is 0 Å². The molecule has 0 atom stereocenters. The Kier molecular flexibility index (Phi) is 4.66. The fourth-order valence-corrected chi connectivity index (χ4v) is 3.20. The zero-order valence-electron chi connectivity index (χ0n) is 15.1. The number of hydrogen-bond acceptors (Lipinski definition) is 6. The summed E-state index contributed by atoms with van der Waals surface area (Å²) in [6.07, 6.45) is -6.13. The van der Waals surface area contributed by atoms with Crippen LogP contribution >= 0.6 is 0 Å². The normalized spacial score (nSPS) is 16.2. The van der Waals surface area contributed by atoms with Gasteiger partial charge in [0.25, 0.3) is 5.89 Å². The number of alkyl halides is 6. The van der Waals surface area contributed by atoms with E-state index in [0.29, 0.717) is 18.4 Å². The minimum Gasteiger partial charge on any atom is -0.411 e. The topological polar surface area (TPSA) is 76.7 Å². The molecular weight excluding hydrogens is 416 g/mol. The Morgan fingerprint density at radius 1 is 0.967 bits per heavy atom. The van der Waals surface area contributed by atoms with Gasteiger partial charge in [0.15, 0.2) is 0 Å². The molecule has 2 aromatic heterocycles. The lowest BCUT2D eigenvalue weighted by molar-refractivity contribution is -0.157. The molecule has 2 heterocycles. The van der Waals surface area contributed by atoms with E-state index in [-0.39, 0.29) is 11.6 Å². The van der Waals surface area contributed by atoms with Crippen LogP contribution in [-0.2, 0) is 17.9 Å². The summed E-state index contributed by atoms with van der Waals surface area (Å²) in [6, 6.07) is 6.26. The molecule has 0 unspecified atom stereocenters. The Morgan fingerprint density at radius 3 is 2.33 bits per heavy atom. The van der Waals surface area contributed by atoms with E-state index in [1.807, 2.05) is 0 Å². The maximum absolute atomic E-state index is 13.1. The number of anilines is 1. The fourth-order valence-electron chi connectivity index (χ4n) is 3.20. The van der Waals surface area contributed by atoms with Gasteiger partial charge in [-0.1, -0.05) is 12.1 Å². The van der Waals surface area contributed by atoms with Crippen LogP contribution in [0.3, 0.4) is 0 Å². The number of aromatic nitrogens is 4. The second-order valence-electron chi connectivity index (χ2n) is 6.81. The maximum Gasteiger partial charge on any atom is 0.470 e. The van der Waals surface area contributed by atoms with Crippen molar-refractivity contribution in [1.82, 2.24) is 20.2 Å². The minimum absolute atomic E-state index is 0.0244. The smallest absolute Gasteiger partial charge is 0.411 e. The average molecular weight is 429 g/mol. The van der Waals surface area contributed by atoms with Gasteiger partial charge >= 0.3 is 18.2 Å². The lowest BCUT2D eigenvalue weighted by atomic mass is 9.71. The lowest BCUT2D eigenvalue weighted by Crippen LogP contribution is -2.42. The standard InChI is InChI=1S/C18H13F6N5O/c19-17(20,21)11-4-1-3-10(9-11)16(6-2-7-16)27-15-25-8-5-12(26-15)13-28-29-14(30-13)18(22,23)24/h1,3-5,8-9H,2,6-7H2,(H,25,26,27). The number of nitrogens with one attached hydrogen (secondary N) is 1. The van der Waals surface area contributed by atoms with Gasteiger partial charge in [0.2, 0.25) is 5.95 Å². The van der Waals surface area contributed by atoms with E-state index in [9.17, 15) is 26.3 Å². The summed E-state index contributed by atoms with van der Waals surface area (Å²) in [5.41, 5.74) is -1.21. The van der Waals surface area contributed by atoms with Crippen LogP contribution in [0.15, 0.2) is 40.9 Å². The molecular formula is C18H13F6N5O. The first-order valence-corrected chi connectivity index (χ1v) is 8.77. The summed E-state index contributed by atoms with van der Waals surface area (Å²) in [6.45, 7) is 0. The number of halogens is 6. The van der Waals surface area contributed by atoms with Gasteiger partial charge in [-0.05, 0) is 43.0 Å². The van der Waals surface area contributed by atoms with E-state index in [1.54, 1.807) is 6.07 Å². The third-order valence-corrected chi connectivity index (χ3v) is 4.84. The zero-order valence-corrected chi connectivity index (χ0v) is 15.1. The summed E-state index contributed by atoms with van der Waals surface area (Å²) < 4.78 is 81.8. The molecule has 0 amide bonds. The van der Waals surface area contributed by atoms with Crippen LogP contribution in [0.2, 0.25) is 0 Å². The summed E-state index contributed by atoms with van der Waals surface area (Å²) in [5, 5.41) is 9.32. The Hall–Kier alpha value is -3.18. The summed E-state index contributed by atoms with van der Waals surface area (Å²) in [5.74, 6) is -1.93. The van der Waals surface area contributed by atoms with Crippen molar-refractivity contribution in [2.45, 2.75) is 37.2 Å². The summed E-state index contributed by atoms with van der Waals surface area (Å²) in [7, 11) is 0. The number of nitrogens with zero attached hydrogens (tertiary/aromatic N) is 4. The SMILES string of the molecule is FC(F)(F)c1cccc(C2(Nc3nccc(-c4nnc(C(F)(F)F)o4)n3)CCC2)c1. The maximum atomic E-state index is 13.1. The molecule has 4 rings (SSSR count). The highest BCUT2D eigenvalue weighted by molar-refractivity contribution is 5.50. The largest absolute Gasteiger partial charge is 0.470 e. The number of hydrogen-bond donors (Lipinski definition) is 1. The molecule has 3 aromatic rings. The lowest BCUT2D eigenvalue weighted by Gasteiger charge is -2.43. The second-order valence-corrected chi connectivity index (χ2v) is 6.81. The first kappa shape index (κ1) is 20.1. The summed E-state index contributed by atoms with van der Waals surface area (Å²) >= 11 is 0. The predicted molar refractivity (Wildman–Crippen MR) is 90.9 cm³/mol. The third-order valence-electron chi connectivity index (χ3n) is 4.84. The number of benzene rings is 1. The molecule has 1 aliphatic rings. The van der Waals surface area contributed by atoms with Gasteiger partial charge in [-0.3, -0.25) is 0 Å². The first-order valence-electron chi connectivity index (χ1n) is 8.77. The molecule has 0 aliphatic heterocycles. The molecule has 1 aliphatic carbocycles. The van der Waals surface area contributed by atoms with Crippen LogP contribution in [0.1, 0.15) is 36.3 Å².